The third-order valence-corrected chi connectivity index (χ3v) is 4.37. The molecule has 4 heteroatoms. The maximum atomic E-state index is 6.40. The van der Waals surface area contributed by atoms with Gasteiger partial charge in [-0.25, -0.2) is 0 Å². The van der Waals surface area contributed by atoms with Gasteiger partial charge in [-0.2, -0.15) is 0 Å². The maximum Gasteiger partial charge on any atom is 0.125 e. The van der Waals surface area contributed by atoms with Gasteiger partial charge in [0.15, 0.2) is 0 Å². The number of nitrogens with two attached hydrogens (primary N) is 1. The lowest BCUT2D eigenvalue weighted by atomic mass is 9.97. The quantitative estimate of drug-likeness (QED) is 0.877. The smallest absolute Gasteiger partial charge is 0.125 e. The molecule has 1 aromatic rings. The Morgan fingerprint density at radius 2 is 2.25 bits per heavy atom. The van der Waals surface area contributed by atoms with E-state index < -0.39 is 0 Å². The van der Waals surface area contributed by atoms with Gasteiger partial charge in [0.05, 0.1) is 12.7 Å². The van der Waals surface area contributed by atoms with Gasteiger partial charge in [-0.15, -0.1) is 0 Å². The maximum absolute atomic E-state index is 6.40. The van der Waals surface area contributed by atoms with Crippen LogP contribution in [0.15, 0.2) is 12.1 Å². The third-order valence-electron chi connectivity index (χ3n) is 4.15. The summed E-state index contributed by atoms with van der Waals surface area (Å²) in [5.41, 5.74) is 8.73. The van der Waals surface area contributed by atoms with E-state index in [1.807, 2.05) is 19.1 Å². The molecule has 0 bridgehead atoms. The number of hydrogen-bond acceptors (Lipinski definition) is 3. The van der Waals surface area contributed by atoms with E-state index >= 15 is 0 Å². The first-order valence-corrected chi connectivity index (χ1v) is 7.88. The van der Waals surface area contributed by atoms with E-state index in [-0.39, 0.29) is 12.1 Å². The average Bonchev–Trinajstić information content (AvgIpc) is 3.13. The molecule has 1 fully saturated rings. The summed E-state index contributed by atoms with van der Waals surface area (Å²) < 4.78 is 11.6. The Kier molecular flexibility index (Phi) is 4.20. The van der Waals surface area contributed by atoms with Crippen molar-refractivity contribution in [3.63, 3.8) is 0 Å². The molecule has 0 aromatic heterocycles. The van der Waals surface area contributed by atoms with Crippen molar-refractivity contribution >= 4 is 11.6 Å². The first kappa shape index (κ1) is 14.2. The molecule has 1 heterocycles. The van der Waals surface area contributed by atoms with E-state index in [1.54, 1.807) is 0 Å². The monoisotopic (exact) mass is 295 g/mol. The van der Waals surface area contributed by atoms with Crippen molar-refractivity contribution < 1.29 is 9.47 Å². The molecule has 1 aliphatic heterocycles. The molecule has 20 heavy (non-hydrogen) atoms. The lowest BCUT2D eigenvalue weighted by molar-refractivity contribution is 0.0287. The Labute approximate surface area is 125 Å². The van der Waals surface area contributed by atoms with Crippen LogP contribution in [0.5, 0.6) is 5.75 Å². The second-order valence-electron chi connectivity index (χ2n) is 5.78. The summed E-state index contributed by atoms with van der Waals surface area (Å²) in [4.78, 5) is 0. The van der Waals surface area contributed by atoms with Gasteiger partial charge in [0.1, 0.15) is 5.75 Å². The van der Waals surface area contributed by atoms with Crippen molar-refractivity contribution in [3.05, 3.63) is 28.3 Å². The van der Waals surface area contributed by atoms with Gasteiger partial charge < -0.3 is 15.2 Å². The van der Waals surface area contributed by atoms with Gasteiger partial charge in [0.2, 0.25) is 0 Å². The molecule has 110 valence electrons. The molecule has 0 spiro atoms. The Bertz CT molecular complexity index is 488. The fraction of sp³-hybridized carbons (Fsp3) is 0.625. The zero-order valence-electron chi connectivity index (χ0n) is 11.9. The van der Waals surface area contributed by atoms with E-state index in [4.69, 9.17) is 26.8 Å². The zero-order valence-corrected chi connectivity index (χ0v) is 12.7. The van der Waals surface area contributed by atoms with Crippen LogP contribution in [0.3, 0.4) is 0 Å². The lowest BCUT2D eigenvalue weighted by Crippen LogP contribution is -2.40. The number of fused-ring (bicyclic) bond motifs is 1. The van der Waals surface area contributed by atoms with Crippen LogP contribution in [0.4, 0.5) is 0 Å². The number of ether oxygens (including phenoxy) is 2. The number of rotatable bonds is 6. The molecule has 1 saturated carbocycles. The predicted molar refractivity (Wildman–Crippen MR) is 80.5 cm³/mol. The minimum absolute atomic E-state index is 0.00853. The lowest BCUT2D eigenvalue weighted by Gasteiger charge is -2.24. The summed E-state index contributed by atoms with van der Waals surface area (Å²) in [5, 5.41) is 0.774. The molecular formula is C16H22ClNO2. The normalized spacial score (nSPS) is 20.4. The summed E-state index contributed by atoms with van der Waals surface area (Å²) in [6, 6.07) is 4.00. The Morgan fingerprint density at radius 3 is 2.95 bits per heavy atom. The second-order valence-corrected chi connectivity index (χ2v) is 6.21. The highest BCUT2D eigenvalue weighted by Gasteiger charge is 2.36. The molecule has 2 N–H and O–H groups in total. The summed E-state index contributed by atoms with van der Waals surface area (Å²) in [6.07, 6.45) is 4.35. The minimum atomic E-state index is 0.00853. The molecule has 2 atom stereocenters. The molecule has 1 aromatic carbocycles. The van der Waals surface area contributed by atoms with Crippen LogP contribution in [0.25, 0.3) is 0 Å². The van der Waals surface area contributed by atoms with E-state index in [0.717, 1.165) is 42.4 Å². The van der Waals surface area contributed by atoms with Gasteiger partial charge in [-0.05, 0) is 55.4 Å². The van der Waals surface area contributed by atoms with E-state index in [2.05, 4.69) is 0 Å². The topological polar surface area (TPSA) is 44.5 Å². The first-order chi connectivity index (χ1) is 9.69. The van der Waals surface area contributed by atoms with Gasteiger partial charge in [-0.3, -0.25) is 0 Å². The molecular weight excluding hydrogens is 274 g/mol. The Morgan fingerprint density at radius 1 is 1.45 bits per heavy atom. The van der Waals surface area contributed by atoms with Crippen molar-refractivity contribution in [2.45, 2.75) is 44.8 Å². The predicted octanol–water partition coefficient (Wildman–Crippen LogP) is 2.96. The highest BCUT2D eigenvalue weighted by atomic mass is 35.5. The third kappa shape index (κ3) is 2.95. The molecule has 2 aliphatic rings. The van der Waals surface area contributed by atoms with Gasteiger partial charge >= 0.3 is 0 Å². The molecule has 0 amide bonds. The van der Waals surface area contributed by atoms with Crippen LogP contribution in [0.1, 0.15) is 30.9 Å². The van der Waals surface area contributed by atoms with Crippen LogP contribution >= 0.6 is 11.6 Å². The summed E-state index contributed by atoms with van der Waals surface area (Å²) in [6.45, 7) is 3.50. The highest BCUT2D eigenvalue weighted by molar-refractivity contribution is 6.30. The zero-order chi connectivity index (χ0) is 14.1. The van der Waals surface area contributed by atoms with E-state index in [1.165, 1.54) is 18.4 Å². The summed E-state index contributed by atoms with van der Waals surface area (Å²) >= 11 is 6.20. The van der Waals surface area contributed by atoms with Crippen LogP contribution < -0.4 is 10.5 Å². The average molecular weight is 296 g/mol. The fourth-order valence-corrected chi connectivity index (χ4v) is 3.36. The molecule has 2 unspecified atom stereocenters. The Balaban J connectivity index is 1.76. The van der Waals surface area contributed by atoms with Gasteiger partial charge in [0, 0.05) is 24.1 Å². The van der Waals surface area contributed by atoms with Gasteiger partial charge in [-0.1, -0.05) is 11.6 Å². The summed E-state index contributed by atoms with van der Waals surface area (Å²) in [7, 11) is 0. The van der Waals surface area contributed by atoms with Crippen LogP contribution in [-0.4, -0.2) is 25.4 Å². The van der Waals surface area contributed by atoms with Crippen molar-refractivity contribution in [1.82, 2.24) is 0 Å². The molecule has 3 nitrogen and oxygen atoms in total. The molecule has 0 saturated heterocycles. The SMILES string of the molecule is CCOC(C(N)Cc1cc(Cl)cc2c1OCC2)C1CC1. The fourth-order valence-electron chi connectivity index (χ4n) is 3.09. The first-order valence-electron chi connectivity index (χ1n) is 7.50. The minimum Gasteiger partial charge on any atom is -0.493 e. The molecule has 1 aliphatic carbocycles. The number of halogens is 1. The van der Waals surface area contributed by atoms with E-state index in [9.17, 15) is 0 Å². The second kappa shape index (κ2) is 5.92. The summed E-state index contributed by atoms with van der Waals surface area (Å²) in [5.74, 6) is 1.63. The van der Waals surface area contributed by atoms with Crippen LogP contribution in [-0.2, 0) is 17.6 Å². The van der Waals surface area contributed by atoms with Crippen LogP contribution in [0, 0.1) is 5.92 Å². The molecule has 3 rings (SSSR count). The van der Waals surface area contributed by atoms with Gasteiger partial charge in [0.25, 0.3) is 0 Å². The van der Waals surface area contributed by atoms with Crippen molar-refractivity contribution in [2.24, 2.45) is 11.7 Å². The highest BCUT2D eigenvalue weighted by Crippen LogP contribution is 2.38. The number of benzene rings is 1. The number of hydrogen-bond donors (Lipinski definition) is 1. The van der Waals surface area contributed by atoms with Crippen LogP contribution in [0.2, 0.25) is 5.02 Å². The Hall–Kier alpha value is -0.770. The van der Waals surface area contributed by atoms with Crippen molar-refractivity contribution in [2.75, 3.05) is 13.2 Å². The van der Waals surface area contributed by atoms with Crippen molar-refractivity contribution in [1.29, 1.82) is 0 Å². The van der Waals surface area contributed by atoms with E-state index in [0.29, 0.717) is 5.92 Å². The standard InChI is InChI=1S/C16H22ClNO2/c1-2-19-16(10-3-4-10)14(18)9-12-8-13(17)7-11-5-6-20-15(11)12/h7-8,10,14,16H,2-6,9,18H2,1H3. The molecule has 0 radical (unpaired) electrons. The largest absolute Gasteiger partial charge is 0.493 e. The van der Waals surface area contributed by atoms with Crippen molar-refractivity contribution in [3.8, 4) is 5.75 Å².